The summed E-state index contributed by atoms with van der Waals surface area (Å²) in [5, 5.41) is 3.10. The Bertz CT molecular complexity index is 1170. The highest BCUT2D eigenvalue weighted by Crippen LogP contribution is 2.38. The number of methoxy groups -OCH3 is 2. The van der Waals surface area contributed by atoms with Gasteiger partial charge in [-0.3, -0.25) is 19.8 Å². The van der Waals surface area contributed by atoms with Gasteiger partial charge in [0.05, 0.1) is 25.6 Å². The van der Waals surface area contributed by atoms with Gasteiger partial charge in [0, 0.05) is 29.7 Å². The van der Waals surface area contributed by atoms with E-state index < -0.39 is 11.8 Å². The van der Waals surface area contributed by atoms with E-state index >= 15 is 0 Å². The van der Waals surface area contributed by atoms with Crippen molar-refractivity contribution in [2.45, 2.75) is 19.8 Å². The van der Waals surface area contributed by atoms with Gasteiger partial charge in [-0.25, -0.2) is 0 Å². The minimum Gasteiger partial charge on any atom is -0.496 e. The molecule has 0 bridgehead atoms. The Kier molecular flexibility index (Phi) is 6.58. The number of anilines is 2. The molecular weight excluding hydrogens is 462 g/mol. The maximum Gasteiger partial charge on any atom is 0.270 e. The van der Waals surface area contributed by atoms with Crippen LogP contribution in [-0.4, -0.2) is 44.2 Å². The Morgan fingerprint density at radius 1 is 1.06 bits per heavy atom. The summed E-state index contributed by atoms with van der Waals surface area (Å²) in [6.45, 7) is 3.66. The highest BCUT2D eigenvalue weighted by Gasteiger charge is 2.35. The molecule has 172 valence electrons. The van der Waals surface area contributed by atoms with Crippen LogP contribution in [0.15, 0.2) is 35.9 Å². The van der Waals surface area contributed by atoms with E-state index in [1.807, 2.05) is 6.07 Å². The summed E-state index contributed by atoms with van der Waals surface area (Å²) < 4.78 is 11.2. The molecule has 0 atom stereocenters. The van der Waals surface area contributed by atoms with Gasteiger partial charge < -0.3 is 14.4 Å². The van der Waals surface area contributed by atoms with Gasteiger partial charge in [0.1, 0.15) is 17.1 Å². The minimum atomic E-state index is -0.578. The molecule has 33 heavy (non-hydrogen) atoms. The molecular formula is C24H24ClN3O4S. The Hall–Kier alpha value is -3.10. The Labute approximate surface area is 202 Å². The number of carbonyl (C=O) groups excluding carboxylic acids is 2. The maximum absolute atomic E-state index is 13.4. The van der Waals surface area contributed by atoms with Crippen molar-refractivity contribution < 1.29 is 19.1 Å². The van der Waals surface area contributed by atoms with Gasteiger partial charge >= 0.3 is 0 Å². The molecule has 2 aliphatic rings. The summed E-state index contributed by atoms with van der Waals surface area (Å²) in [5.41, 5.74) is 2.59. The third kappa shape index (κ3) is 4.28. The Morgan fingerprint density at radius 2 is 1.76 bits per heavy atom. The predicted molar refractivity (Wildman–Crippen MR) is 133 cm³/mol. The average Bonchev–Trinajstić information content (AvgIpc) is 3.33. The van der Waals surface area contributed by atoms with Crippen LogP contribution in [0.2, 0.25) is 5.02 Å². The van der Waals surface area contributed by atoms with E-state index in [4.69, 9.17) is 33.3 Å². The van der Waals surface area contributed by atoms with Gasteiger partial charge in [-0.1, -0.05) is 17.7 Å². The number of ether oxygens (including phenoxy) is 2. The zero-order valence-electron chi connectivity index (χ0n) is 18.6. The van der Waals surface area contributed by atoms with Crippen molar-refractivity contribution in [1.29, 1.82) is 0 Å². The first-order chi connectivity index (χ1) is 15.8. The average molecular weight is 486 g/mol. The Morgan fingerprint density at radius 3 is 2.42 bits per heavy atom. The number of rotatable bonds is 5. The predicted octanol–water partition coefficient (Wildman–Crippen LogP) is 4.10. The van der Waals surface area contributed by atoms with Crippen molar-refractivity contribution in [1.82, 2.24) is 5.32 Å². The van der Waals surface area contributed by atoms with Gasteiger partial charge in [0.25, 0.3) is 11.8 Å². The van der Waals surface area contributed by atoms with Crippen LogP contribution in [0, 0.1) is 6.92 Å². The number of nitrogens with one attached hydrogen (secondary N) is 1. The van der Waals surface area contributed by atoms with E-state index in [-0.39, 0.29) is 10.7 Å². The van der Waals surface area contributed by atoms with Crippen molar-refractivity contribution in [3.05, 3.63) is 52.1 Å². The lowest BCUT2D eigenvalue weighted by Gasteiger charge is -2.30. The first-order valence-corrected chi connectivity index (χ1v) is 11.3. The lowest BCUT2D eigenvalue weighted by Crippen LogP contribution is -2.54. The van der Waals surface area contributed by atoms with Crippen LogP contribution in [0.1, 0.15) is 24.0 Å². The van der Waals surface area contributed by atoms with Crippen molar-refractivity contribution in [2.75, 3.05) is 37.1 Å². The monoisotopic (exact) mass is 485 g/mol. The number of nitrogens with zero attached hydrogens (tertiary/aromatic N) is 2. The fraction of sp³-hybridized carbons (Fsp3) is 0.292. The van der Waals surface area contributed by atoms with Crippen LogP contribution in [0.25, 0.3) is 6.08 Å². The lowest BCUT2D eigenvalue weighted by atomic mass is 10.0. The first-order valence-electron chi connectivity index (χ1n) is 10.5. The normalized spacial score (nSPS) is 17.6. The van der Waals surface area contributed by atoms with E-state index in [0.29, 0.717) is 33.3 Å². The molecule has 0 aliphatic carbocycles. The highest BCUT2D eigenvalue weighted by atomic mass is 35.5. The van der Waals surface area contributed by atoms with Gasteiger partial charge in [-0.15, -0.1) is 0 Å². The van der Waals surface area contributed by atoms with Crippen LogP contribution in [0.4, 0.5) is 11.4 Å². The standard InChI is InChI=1S/C24H24ClN3O4S/c1-14-17(25)7-6-8-18(14)28-23(30)16(22(29)26-24(28)33)11-15-12-21(32-3)19(13-20(15)31-2)27-9-4-5-10-27/h6-8,11-13H,4-5,9-10H2,1-3H3,(H,26,29,33)/b16-11+. The van der Waals surface area contributed by atoms with Crippen molar-refractivity contribution in [2.24, 2.45) is 0 Å². The van der Waals surface area contributed by atoms with Crippen LogP contribution < -0.4 is 24.6 Å². The molecule has 2 fully saturated rings. The number of benzene rings is 2. The number of hydrogen-bond donors (Lipinski definition) is 1. The number of halogens is 1. The largest absolute Gasteiger partial charge is 0.496 e. The molecule has 2 saturated heterocycles. The maximum atomic E-state index is 13.4. The summed E-state index contributed by atoms with van der Waals surface area (Å²) in [4.78, 5) is 29.7. The second kappa shape index (κ2) is 9.41. The molecule has 9 heteroatoms. The van der Waals surface area contributed by atoms with Gasteiger partial charge in [0.2, 0.25) is 0 Å². The van der Waals surface area contributed by atoms with Gasteiger partial charge in [-0.2, -0.15) is 0 Å². The molecule has 0 radical (unpaired) electrons. The fourth-order valence-electron chi connectivity index (χ4n) is 4.09. The van der Waals surface area contributed by atoms with Crippen LogP contribution in [-0.2, 0) is 9.59 Å². The summed E-state index contributed by atoms with van der Waals surface area (Å²) >= 11 is 11.6. The molecule has 0 saturated carbocycles. The molecule has 0 aromatic heterocycles. The summed E-state index contributed by atoms with van der Waals surface area (Å²) in [6.07, 6.45) is 3.73. The van der Waals surface area contributed by atoms with E-state index in [9.17, 15) is 9.59 Å². The fourth-order valence-corrected chi connectivity index (χ4v) is 4.54. The second-order valence-electron chi connectivity index (χ2n) is 7.80. The zero-order valence-corrected chi connectivity index (χ0v) is 20.2. The van der Waals surface area contributed by atoms with Crippen molar-refractivity contribution in [3.8, 4) is 11.5 Å². The molecule has 4 rings (SSSR count). The van der Waals surface area contributed by atoms with Crippen molar-refractivity contribution >= 4 is 58.2 Å². The van der Waals surface area contributed by atoms with Gasteiger partial charge in [0.15, 0.2) is 5.11 Å². The SMILES string of the molecule is COc1cc(N2CCCC2)c(OC)cc1/C=C1\C(=O)NC(=S)N(c2cccc(Cl)c2C)C1=O. The van der Waals surface area contributed by atoms with E-state index in [0.717, 1.165) is 31.6 Å². The summed E-state index contributed by atoms with van der Waals surface area (Å²) in [6, 6.07) is 8.85. The second-order valence-corrected chi connectivity index (χ2v) is 8.60. The van der Waals surface area contributed by atoms with E-state index in [1.54, 1.807) is 45.4 Å². The van der Waals surface area contributed by atoms with E-state index in [2.05, 4.69) is 10.2 Å². The molecule has 2 aromatic carbocycles. The van der Waals surface area contributed by atoms with E-state index in [1.165, 1.54) is 11.0 Å². The Balaban J connectivity index is 1.78. The molecule has 2 aromatic rings. The van der Waals surface area contributed by atoms with Crippen LogP contribution >= 0.6 is 23.8 Å². The lowest BCUT2D eigenvalue weighted by molar-refractivity contribution is -0.122. The highest BCUT2D eigenvalue weighted by molar-refractivity contribution is 7.80. The molecule has 2 amide bonds. The quantitative estimate of drug-likeness (QED) is 0.390. The van der Waals surface area contributed by atoms with Crippen LogP contribution in [0.3, 0.4) is 0 Å². The molecule has 7 nitrogen and oxygen atoms in total. The molecule has 0 unspecified atom stereocenters. The number of carbonyl (C=O) groups is 2. The van der Waals surface area contributed by atoms with Gasteiger partial charge in [-0.05, 0) is 61.8 Å². The third-order valence-corrected chi connectivity index (χ3v) is 6.55. The number of thiocarbonyl (C=S) groups is 1. The van der Waals surface area contributed by atoms with Crippen molar-refractivity contribution in [3.63, 3.8) is 0 Å². The number of hydrogen-bond acceptors (Lipinski definition) is 6. The third-order valence-electron chi connectivity index (χ3n) is 5.86. The molecule has 2 aliphatic heterocycles. The number of amides is 2. The molecule has 2 heterocycles. The summed E-state index contributed by atoms with van der Waals surface area (Å²) in [7, 11) is 3.15. The molecule has 0 spiro atoms. The van der Waals surface area contributed by atoms with Crippen LogP contribution in [0.5, 0.6) is 11.5 Å². The summed E-state index contributed by atoms with van der Waals surface area (Å²) in [5.74, 6) is 0.0556. The first kappa shape index (κ1) is 23.1. The molecule has 1 N–H and O–H groups in total. The smallest absolute Gasteiger partial charge is 0.270 e. The minimum absolute atomic E-state index is 0.00134. The topological polar surface area (TPSA) is 71.1 Å². The zero-order chi connectivity index (χ0) is 23.7.